The van der Waals surface area contributed by atoms with Crippen molar-refractivity contribution < 1.29 is 18.3 Å². The van der Waals surface area contributed by atoms with E-state index >= 15 is 0 Å². The summed E-state index contributed by atoms with van der Waals surface area (Å²) in [5.41, 5.74) is 2.06. The number of nitrogens with one attached hydrogen (secondary N) is 1. The van der Waals surface area contributed by atoms with Crippen LogP contribution in [0.3, 0.4) is 0 Å². The maximum absolute atomic E-state index is 12.3. The van der Waals surface area contributed by atoms with E-state index in [9.17, 15) is 13.2 Å². The van der Waals surface area contributed by atoms with Crippen LogP contribution in [0.1, 0.15) is 5.56 Å². The van der Waals surface area contributed by atoms with E-state index < -0.39 is 18.8 Å². The van der Waals surface area contributed by atoms with Crippen molar-refractivity contribution in [3.8, 4) is 0 Å². The molecule has 1 aromatic carbocycles. The fourth-order valence-electron chi connectivity index (χ4n) is 2.16. The molecule has 0 saturated carbocycles. The van der Waals surface area contributed by atoms with Gasteiger partial charge in [-0.25, -0.2) is 0 Å². The van der Waals surface area contributed by atoms with Gasteiger partial charge in [0, 0.05) is 19.3 Å². The largest absolute Gasteiger partial charge is 0.416 e. The molecule has 21 heavy (non-hydrogen) atoms. The SMILES string of the molecule is CN=C(NCC(O)C(F)(F)F)N1CCc2ccccc21.I. The molecule has 1 aromatic rings. The van der Waals surface area contributed by atoms with Crippen molar-refractivity contribution in [2.75, 3.05) is 25.0 Å². The monoisotopic (exact) mass is 415 g/mol. The van der Waals surface area contributed by atoms with Gasteiger partial charge in [0.1, 0.15) is 0 Å². The molecular weight excluding hydrogens is 398 g/mol. The second kappa shape index (κ2) is 7.30. The van der Waals surface area contributed by atoms with Crippen LogP contribution < -0.4 is 10.2 Å². The molecule has 118 valence electrons. The first kappa shape index (κ1) is 18.0. The van der Waals surface area contributed by atoms with Gasteiger partial charge in [0.2, 0.25) is 0 Å². The standard InChI is InChI=1S/C13H16F3N3O.HI/c1-17-12(18-8-11(20)13(14,15)16)19-7-6-9-4-2-3-5-10(9)19;/h2-5,11,20H,6-8H2,1H3,(H,17,18);1H. The van der Waals surface area contributed by atoms with Gasteiger partial charge in [-0.2, -0.15) is 13.2 Å². The van der Waals surface area contributed by atoms with E-state index in [4.69, 9.17) is 5.11 Å². The van der Waals surface area contributed by atoms with Gasteiger partial charge in [-0.05, 0) is 18.1 Å². The molecule has 0 radical (unpaired) electrons. The molecule has 1 aliphatic rings. The Hall–Kier alpha value is -1.03. The normalized spacial score (nSPS) is 16.2. The maximum atomic E-state index is 12.3. The van der Waals surface area contributed by atoms with Gasteiger partial charge in [-0.3, -0.25) is 4.99 Å². The quantitative estimate of drug-likeness (QED) is 0.443. The van der Waals surface area contributed by atoms with Gasteiger partial charge in [0.05, 0.1) is 6.54 Å². The third-order valence-electron chi connectivity index (χ3n) is 3.19. The number of guanidine groups is 1. The van der Waals surface area contributed by atoms with Crippen LogP contribution in [0.4, 0.5) is 18.9 Å². The minimum atomic E-state index is -4.63. The summed E-state index contributed by atoms with van der Waals surface area (Å²) in [5.74, 6) is 0.332. The Morgan fingerprint density at radius 1 is 1.43 bits per heavy atom. The Bertz CT molecular complexity index is 508. The molecule has 1 aliphatic heterocycles. The molecule has 0 amide bonds. The van der Waals surface area contributed by atoms with Gasteiger partial charge in [0.25, 0.3) is 0 Å². The molecule has 2 rings (SSSR count). The number of fused-ring (bicyclic) bond motifs is 1. The summed E-state index contributed by atoms with van der Waals surface area (Å²) in [4.78, 5) is 5.79. The molecule has 0 bridgehead atoms. The Labute approximate surface area is 138 Å². The number of benzene rings is 1. The first-order chi connectivity index (χ1) is 9.43. The average molecular weight is 415 g/mol. The zero-order valence-corrected chi connectivity index (χ0v) is 13.7. The van der Waals surface area contributed by atoms with Crippen LogP contribution in [0.25, 0.3) is 0 Å². The maximum Gasteiger partial charge on any atom is 0.416 e. The lowest BCUT2D eigenvalue weighted by Crippen LogP contribution is -2.46. The summed E-state index contributed by atoms with van der Waals surface area (Å²) in [6, 6.07) is 7.67. The highest BCUT2D eigenvalue weighted by Crippen LogP contribution is 2.27. The third kappa shape index (κ3) is 4.22. The lowest BCUT2D eigenvalue weighted by molar-refractivity contribution is -0.201. The molecule has 0 aromatic heterocycles. The second-order valence-corrected chi connectivity index (χ2v) is 4.52. The number of aliphatic hydroxyl groups excluding tert-OH is 1. The molecule has 8 heteroatoms. The molecule has 1 unspecified atom stereocenters. The predicted octanol–water partition coefficient (Wildman–Crippen LogP) is 2.17. The number of rotatable bonds is 2. The van der Waals surface area contributed by atoms with Crippen LogP contribution in [-0.2, 0) is 6.42 Å². The van der Waals surface area contributed by atoms with Crippen LogP contribution >= 0.6 is 24.0 Å². The Morgan fingerprint density at radius 3 is 2.71 bits per heavy atom. The van der Waals surface area contributed by atoms with Crippen molar-refractivity contribution in [3.63, 3.8) is 0 Å². The number of halogens is 4. The zero-order valence-electron chi connectivity index (χ0n) is 11.4. The van der Waals surface area contributed by atoms with Gasteiger partial charge >= 0.3 is 6.18 Å². The number of aliphatic hydroxyl groups is 1. The highest BCUT2D eigenvalue weighted by Gasteiger charge is 2.38. The number of hydrogen-bond donors (Lipinski definition) is 2. The first-order valence-electron chi connectivity index (χ1n) is 6.24. The average Bonchev–Trinajstić information content (AvgIpc) is 2.82. The van der Waals surface area contributed by atoms with Crippen LogP contribution in [0.5, 0.6) is 0 Å². The van der Waals surface area contributed by atoms with Crippen LogP contribution in [0.2, 0.25) is 0 Å². The second-order valence-electron chi connectivity index (χ2n) is 4.52. The zero-order chi connectivity index (χ0) is 14.8. The molecule has 0 aliphatic carbocycles. The van der Waals surface area contributed by atoms with E-state index in [0.29, 0.717) is 12.5 Å². The molecule has 1 atom stereocenters. The molecule has 1 heterocycles. The van der Waals surface area contributed by atoms with Crippen molar-refractivity contribution in [1.82, 2.24) is 5.32 Å². The lowest BCUT2D eigenvalue weighted by Gasteiger charge is -2.24. The van der Waals surface area contributed by atoms with Gasteiger partial charge < -0.3 is 15.3 Å². The van der Waals surface area contributed by atoms with E-state index in [1.807, 2.05) is 29.2 Å². The summed E-state index contributed by atoms with van der Waals surface area (Å²) in [6.45, 7) is 0.0377. The number of alkyl halides is 3. The van der Waals surface area contributed by atoms with E-state index in [-0.39, 0.29) is 24.0 Å². The minimum Gasteiger partial charge on any atom is -0.382 e. The van der Waals surface area contributed by atoms with Crippen molar-refractivity contribution in [2.24, 2.45) is 4.99 Å². The summed E-state index contributed by atoms with van der Waals surface area (Å²) in [5, 5.41) is 11.6. The lowest BCUT2D eigenvalue weighted by atomic mass is 10.2. The molecule has 0 fully saturated rings. The van der Waals surface area contributed by atoms with Crippen LogP contribution in [-0.4, -0.2) is 43.5 Å². The Kier molecular flexibility index (Phi) is 6.26. The third-order valence-corrected chi connectivity index (χ3v) is 3.19. The van der Waals surface area contributed by atoms with Gasteiger partial charge in [0.15, 0.2) is 12.1 Å². The van der Waals surface area contributed by atoms with E-state index in [0.717, 1.165) is 17.7 Å². The smallest absolute Gasteiger partial charge is 0.382 e. The van der Waals surface area contributed by atoms with Crippen molar-refractivity contribution in [3.05, 3.63) is 29.8 Å². The first-order valence-corrected chi connectivity index (χ1v) is 6.24. The van der Waals surface area contributed by atoms with Gasteiger partial charge in [-0.15, -0.1) is 24.0 Å². The molecule has 0 saturated heterocycles. The molecular formula is C13H17F3IN3O. The number of anilines is 1. The van der Waals surface area contributed by atoms with Gasteiger partial charge in [-0.1, -0.05) is 18.2 Å². The van der Waals surface area contributed by atoms with Crippen LogP contribution in [0.15, 0.2) is 29.3 Å². The topological polar surface area (TPSA) is 47.9 Å². The highest BCUT2D eigenvalue weighted by atomic mass is 127. The van der Waals surface area contributed by atoms with E-state index in [2.05, 4.69) is 10.3 Å². The summed E-state index contributed by atoms with van der Waals surface area (Å²) in [7, 11) is 1.50. The predicted molar refractivity (Wildman–Crippen MR) is 86.3 cm³/mol. The molecule has 0 spiro atoms. The number of hydrogen-bond acceptors (Lipinski definition) is 2. The molecule has 2 N–H and O–H groups in total. The molecule has 4 nitrogen and oxygen atoms in total. The summed E-state index contributed by atoms with van der Waals surface area (Å²) < 4.78 is 36.8. The number of para-hydroxylation sites is 1. The van der Waals surface area contributed by atoms with E-state index in [1.165, 1.54) is 7.05 Å². The summed E-state index contributed by atoms with van der Waals surface area (Å²) in [6.07, 6.45) is -6.22. The van der Waals surface area contributed by atoms with Crippen molar-refractivity contribution in [2.45, 2.75) is 18.7 Å². The highest BCUT2D eigenvalue weighted by molar-refractivity contribution is 14.0. The fraction of sp³-hybridized carbons (Fsp3) is 0.462. The van der Waals surface area contributed by atoms with E-state index in [1.54, 1.807) is 0 Å². The number of aliphatic imine (C=N–C) groups is 1. The Balaban J connectivity index is 0.00000220. The van der Waals surface area contributed by atoms with Crippen molar-refractivity contribution in [1.29, 1.82) is 0 Å². The number of nitrogens with zero attached hydrogens (tertiary/aromatic N) is 2. The fourth-order valence-corrected chi connectivity index (χ4v) is 2.16. The minimum absolute atomic E-state index is 0. The Morgan fingerprint density at radius 2 is 2.10 bits per heavy atom. The van der Waals surface area contributed by atoms with Crippen LogP contribution in [0, 0.1) is 0 Å². The van der Waals surface area contributed by atoms with Crippen molar-refractivity contribution >= 4 is 35.6 Å². The summed E-state index contributed by atoms with van der Waals surface area (Å²) >= 11 is 0.